The van der Waals surface area contributed by atoms with Crippen molar-refractivity contribution in [2.24, 2.45) is 0 Å². The molecule has 0 saturated carbocycles. The molecule has 3 aromatic carbocycles. The Morgan fingerprint density at radius 1 is 0.838 bits per heavy atom. The molecule has 1 unspecified atom stereocenters. The summed E-state index contributed by atoms with van der Waals surface area (Å²) < 4.78 is 49.8. The lowest BCUT2D eigenvalue weighted by Gasteiger charge is -2.33. The fraction of sp³-hybridized carbons (Fsp3) is 0.333. The minimum absolute atomic E-state index is 0.0227. The Kier molecular flexibility index (Phi) is 7.15. The van der Waals surface area contributed by atoms with Crippen LogP contribution in [0.25, 0.3) is 11.1 Å². The van der Waals surface area contributed by atoms with Crippen molar-refractivity contribution in [1.29, 1.82) is 0 Å². The molecule has 3 aromatic rings. The number of aromatic hydroxyl groups is 2. The van der Waals surface area contributed by atoms with Gasteiger partial charge in [-0.1, -0.05) is 42.8 Å². The zero-order chi connectivity index (χ0) is 26.0. The summed E-state index contributed by atoms with van der Waals surface area (Å²) in [5.74, 6) is -0.230. The number of aryl methyl sites for hydroxylation is 1. The van der Waals surface area contributed by atoms with Crippen molar-refractivity contribution in [3.63, 3.8) is 0 Å². The molecule has 0 aliphatic carbocycles. The van der Waals surface area contributed by atoms with Gasteiger partial charge in [0.05, 0.1) is 5.57 Å². The molecule has 0 aromatic heterocycles. The number of halogens is 3. The minimum atomic E-state index is -4.67. The molecular weight excluding hydrogens is 479 g/mol. The Labute approximate surface area is 214 Å². The number of ether oxygens (including phenoxy) is 1. The number of nitrogens with zero attached hydrogens (tertiary/aromatic N) is 1. The molecule has 1 saturated heterocycles. The van der Waals surface area contributed by atoms with Gasteiger partial charge in [-0.15, -0.1) is 0 Å². The van der Waals surface area contributed by atoms with Crippen LogP contribution >= 0.6 is 0 Å². The Morgan fingerprint density at radius 3 is 2.19 bits per heavy atom. The summed E-state index contributed by atoms with van der Waals surface area (Å²) in [5.41, 5.74) is 1.05. The maximum atomic E-state index is 14.6. The van der Waals surface area contributed by atoms with E-state index in [1.807, 2.05) is 24.3 Å². The highest BCUT2D eigenvalue weighted by Gasteiger charge is 2.44. The number of phenolic OH excluding ortho intramolecular Hbond substituents is 2. The van der Waals surface area contributed by atoms with Crippen molar-refractivity contribution in [3.05, 3.63) is 89.0 Å². The Hall–Kier alpha value is -3.45. The van der Waals surface area contributed by atoms with Gasteiger partial charge in [-0.05, 0) is 86.3 Å². The molecule has 194 valence electrons. The summed E-state index contributed by atoms with van der Waals surface area (Å²) in [5, 5.41) is 19.7. The number of hydrogen-bond donors (Lipinski definition) is 2. The van der Waals surface area contributed by atoms with Crippen LogP contribution in [0.5, 0.6) is 17.2 Å². The van der Waals surface area contributed by atoms with Crippen LogP contribution in [0.2, 0.25) is 0 Å². The van der Waals surface area contributed by atoms with Crippen LogP contribution in [0.1, 0.15) is 54.0 Å². The molecule has 2 N–H and O–H groups in total. The fourth-order valence-corrected chi connectivity index (χ4v) is 5.30. The summed E-state index contributed by atoms with van der Waals surface area (Å²) >= 11 is 0. The highest BCUT2D eigenvalue weighted by molar-refractivity contribution is 5.98. The summed E-state index contributed by atoms with van der Waals surface area (Å²) in [6.07, 6.45) is 0.0349. The van der Waals surface area contributed by atoms with Gasteiger partial charge in [0.2, 0.25) is 0 Å². The third kappa shape index (κ3) is 5.62. The highest BCUT2D eigenvalue weighted by atomic mass is 19.4. The van der Waals surface area contributed by atoms with E-state index in [0.717, 1.165) is 38.0 Å². The van der Waals surface area contributed by atoms with Crippen LogP contribution in [0.3, 0.4) is 0 Å². The number of rotatable bonds is 6. The van der Waals surface area contributed by atoms with Crippen molar-refractivity contribution in [3.8, 4) is 17.2 Å². The van der Waals surface area contributed by atoms with Crippen LogP contribution in [-0.2, 0) is 6.42 Å². The molecule has 1 atom stereocenters. The predicted molar refractivity (Wildman–Crippen MR) is 138 cm³/mol. The molecule has 7 heteroatoms. The van der Waals surface area contributed by atoms with E-state index in [9.17, 15) is 23.4 Å². The summed E-state index contributed by atoms with van der Waals surface area (Å²) in [7, 11) is 0. The quantitative estimate of drug-likeness (QED) is 0.371. The predicted octanol–water partition coefficient (Wildman–Crippen LogP) is 7.12. The SMILES string of the molecule is Oc1ccc(C2=C(C(F)(F)F)c3ccc(O)cc3OC2c2ccc(CCCN3CCCCC3)cc2)cc1. The van der Waals surface area contributed by atoms with Crippen LogP contribution in [0.15, 0.2) is 66.7 Å². The average molecular weight is 510 g/mol. The van der Waals surface area contributed by atoms with Crippen molar-refractivity contribution in [1.82, 2.24) is 4.90 Å². The molecule has 0 amide bonds. The van der Waals surface area contributed by atoms with Gasteiger partial charge < -0.3 is 19.8 Å². The van der Waals surface area contributed by atoms with Crippen LogP contribution < -0.4 is 4.74 Å². The van der Waals surface area contributed by atoms with E-state index < -0.39 is 17.9 Å². The average Bonchev–Trinajstić information content (AvgIpc) is 2.88. The maximum Gasteiger partial charge on any atom is 0.417 e. The second-order valence-corrected chi connectivity index (χ2v) is 9.76. The fourth-order valence-electron chi connectivity index (χ4n) is 5.30. The van der Waals surface area contributed by atoms with Gasteiger partial charge in [-0.25, -0.2) is 0 Å². The Balaban J connectivity index is 1.48. The van der Waals surface area contributed by atoms with Crippen LogP contribution in [0.4, 0.5) is 13.2 Å². The first-order valence-corrected chi connectivity index (χ1v) is 12.7. The molecule has 2 heterocycles. The molecular formula is C30H30F3NO3. The summed E-state index contributed by atoms with van der Waals surface area (Å²) in [4.78, 5) is 2.49. The monoisotopic (exact) mass is 509 g/mol. The third-order valence-electron chi connectivity index (χ3n) is 7.14. The molecule has 1 fully saturated rings. The van der Waals surface area contributed by atoms with E-state index in [1.54, 1.807) is 0 Å². The van der Waals surface area contributed by atoms with Crippen molar-refractivity contribution in [2.75, 3.05) is 19.6 Å². The maximum absolute atomic E-state index is 14.6. The molecule has 2 aliphatic rings. The number of likely N-dealkylation sites (tertiary alicyclic amines) is 1. The van der Waals surface area contributed by atoms with Crippen LogP contribution in [0, 0.1) is 0 Å². The van der Waals surface area contributed by atoms with E-state index in [1.165, 1.54) is 61.7 Å². The van der Waals surface area contributed by atoms with E-state index in [4.69, 9.17) is 4.74 Å². The van der Waals surface area contributed by atoms with Gasteiger partial charge >= 0.3 is 6.18 Å². The van der Waals surface area contributed by atoms with Crippen molar-refractivity contribution >= 4 is 11.1 Å². The number of fused-ring (bicyclic) bond motifs is 1. The van der Waals surface area contributed by atoms with Gasteiger partial charge in [0, 0.05) is 17.2 Å². The smallest absolute Gasteiger partial charge is 0.417 e. The first-order chi connectivity index (χ1) is 17.8. The minimum Gasteiger partial charge on any atom is -0.508 e. The zero-order valence-corrected chi connectivity index (χ0v) is 20.5. The number of hydrogen-bond acceptors (Lipinski definition) is 4. The normalized spacial score (nSPS) is 18.4. The molecule has 0 radical (unpaired) electrons. The number of benzene rings is 3. The molecule has 0 bridgehead atoms. The molecule has 37 heavy (non-hydrogen) atoms. The zero-order valence-electron chi connectivity index (χ0n) is 20.5. The van der Waals surface area contributed by atoms with E-state index in [0.29, 0.717) is 11.1 Å². The second-order valence-electron chi connectivity index (χ2n) is 9.76. The van der Waals surface area contributed by atoms with Crippen molar-refractivity contribution in [2.45, 2.75) is 44.4 Å². The largest absolute Gasteiger partial charge is 0.508 e. The van der Waals surface area contributed by atoms with Gasteiger partial charge in [-0.3, -0.25) is 0 Å². The van der Waals surface area contributed by atoms with Gasteiger partial charge in [0.15, 0.2) is 6.10 Å². The first-order valence-electron chi connectivity index (χ1n) is 12.7. The highest BCUT2D eigenvalue weighted by Crippen LogP contribution is 2.52. The second kappa shape index (κ2) is 10.5. The lowest BCUT2D eigenvalue weighted by molar-refractivity contribution is -0.0695. The number of alkyl halides is 3. The van der Waals surface area contributed by atoms with E-state index >= 15 is 0 Å². The van der Waals surface area contributed by atoms with E-state index in [2.05, 4.69) is 4.90 Å². The summed E-state index contributed by atoms with van der Waals surface area (Å²) in [6.45, 7) is 3.36. The van der Waals surface area contributed by atoms with Gasteiger partial charge in [0.1, 0.15) is 17.2 Å². The molecule has 0 spiro atoms. The Bertz CT molecular complexity index is 1260. The molecule has 4 nitrogen and oxygen atoms in total. The third-order valence-corrected chi connectivity index (χ3v) is 7.14. The van der Waals surface area contributed by atoms with Crippen molar-refractivity contribution < 1.29 is 28.1 Å². The molecule has 5 rings (SSSR count). The van der Waals surface area contributed by atoms with Crippen LogP contribution in [-0.4, -0.2) is 40.9 Å². The standard InChI is InChI=1S/C30H30F3NO3/c31-30(32,33)28-25-15-14-24(36)19-26(25)37-29(27(28)21-10-12-23(35)13-11-21)22-8-6-20(7-9-22)5-4-18-34-16-2-1-3-17-34/h6-15,19,29,35-36H,1-5,16-18H2. The van der Waals surface area contributed by atoms with E-state index in [-0.39, 0.29) is 28.4 Å². The lowest BCUT2D eigenvalue weighted by atomic mass is 9.84. The number of allylic oxidation sites excluding steroid dienone is 1. The number of phenols is 2. The Morgan fingerprint density at radius 2 is 1.51 bits per heavy atom. The molecule has 2 aliphatic heterocycles. The summed E-state index contributed by atoms with van der Waals surface area (Å²) in [6, 6.07) is 16.9. The first kappa shape index (κ1) is 25.2. The number of piperidine rings is 1. The lowest BCUT2D eigenvalue weighted by Crippen LogP contribution is -2.30. The topological polar surface area (TPSA) is 52.9 Å². The van der Waals surface area contributed by atoms with Gasteiger partial charge in [0.25, 0.3) is 0 Å². The van der Waals surface area contributed by atoms with Gasteiger partial charge in [-0.2, -0.15) is 13.2 Å².